The van der Waals surface area contributed by atoms with Crippen molar-refractivity contribution in [2.45, 2.75) is 0 Å². The van der Waals surface area contributed by atoms with Crippen molar-refractivity contribution in [3.05, 3.63) is 194 Å². The maximum atomic E-state index is 6.19. The van der Waals surface area contributed by atoms with Crippen molar-refractivity contribution in [1.82, 2.24) is 9.97 Å². The lowest BCUT2D eigenvalue weighted by molar-refractivity contribution is 0.669. The van der Waals surface area contributed by atoms with E-state index < -0.39 is 0 Å². The SMILES string of the molecule is c1ccc(-c2cc(-c3ccc4oc5ccccc5c4c3)cc(-c3cc(-c4cccc5ccccc45)nc(-c4cccc(-c5ccccc5)c4)n3)c2)cc1. The normalized spacial score (nSPS) is 11.4. The lowest BCUT2D eigenvalue weighted by Crippen LogP contribution is -1.97. The van der Waals surface area contributed by atoms with E-state index in [0.717, 1.165) is 88.8 Å². The van der Waals surface area contributed by atoms with E-state index in [4.69, 9.17) is 14.4 Å². The van der Waals surface area contributed by atoms with Crippen LogP contribution >= 0.6 is 0 Å². The van der Waals surface area contributed by atoms with Crippen LogP contribution in [0.4, 0.5) is 0 Å². The minimum atomic E-state index is 0.682. The zero-order chi connectivity index (χ0) is 35.1. The largest absolute Gasteiger partial charge is 0.456 e. The third-order valence-corrected chi connectivity index (χ3v) is 10.1. The van der Waals surface area contributed by atoms with Crippen molar-refractivity contribution in [3.8, 4) is 67.3 Å². The Balaban J connectivity index is 1.20. The molecule has 53 heavy (non-hydrogen) atoms. The minimum Gasteiger partial charge on any atom is -0.456 e. The van der Waals surface area contributed by atoms with Crippen LogP contribution in [0.5, 0.6) is 0 Å². The number of furan rings is 1. The lowest BCUT2D eigenvalue weighted by atomic mass is 9.93. The molecular formula is C50H32N2O. The van der Waals surface area contributed by atoms with E-state index in [2.05, 4.69) is 176 Å². The molecule has 0 aliphatic rings. The summed E-state index contributed by atoms with van der Waals surface area (Å²) >= 11 is 0. The standard InChI is InChI=1S/C50H32N2O/c1-3-13-33(14-4-1)36-19-11-20-38(27-36)50-51-46(32-47(52-50)43-23-12-18-35-17-7-8-21-42(35)43)41-29-39(34-15-5-2-6-16-34)28-40(30-41)37-25-26-49-45(31-37)44-22-9-10-24-48(44)53-49/h1-32H. The van der Waals surface area contributed by atoms with Gasteiger partial charge in [0.25, 0.3) is 0 Å². The lowest BCUT2D eigenvalue weighted by Gasteiger charge is -2.14. The van der Waals surface area contributed by atoms with E-state index in [9.17, 15) is 0 Å². The number of nitrogens with zero attached hydrogens (tertiary/aromatic N) is 2. The van der Waals surface area contributed by atoms with Crippen LogP contribution in [0.3, 0.4) is 0 Å². The third-order valence-electron chi connectivity index (χ3n) is 10.1. The van der Waals surface area contributed by atoms with Gasteiger partial charge >= 0.3 is 0 Å². The van der Waals surface area contributed by atoms with Gasteiger partial charge in [0, 0.05) is 27.5 Å². The second-order valence-electron chi connectivity index (χ2n) is 13.4. The highest BCUT2D eigenvalue weighted by molar-refractivity contribution is 6.06. The molecule has 10 rings (SSSR count). The Bertz CT molecular complexity index is 2940. The number of aromatic nitrogens is 2. The molecule has 8 aromatic carbocycles. The van der Waals surface area contributed by atoms with Gasteiger partial charge in [0.15, 0.2) is 5.82 Å². The van der Waals surface area contributed by atoms with Crippen molar-refractivity contribution in [3.63, 3.8) is 0 Å². The summed E-state index contributed by atoms with van der Waals surface area (Å²) in [6, 6.07) is 68.1. The smallest absolute Gasteiger partial charge is 0.160 e. The highest BCUT2D eigenvalue weighted by Gasteiger charge is 2.16. The third kappa shape index (κ3) is 5.75. The van der Waals surface area contributed by atoms with E-state index in [1.54, 1.807) is 0 Å². The zero-order valence-corrected chi connectivity index (χ0v) is 28.8. The van der Waals surface area contributed by atoms with Crippen LogP contribution in [0, 0.1) is 0 Å². The van der Waals surface area contributed by atoms with Gasteiger partial charge in [-0.2, -0.15) is 0 Å². The van der Waals surface area contributed by atoms with Gasteiger partial charge in [0.1, 0.15) is 11.2 Å². The summed E-state index contributed by atoms with van der Waals surface area (Å²) in [5.74, 6) is 0.682. The number of fused-ring (bicyclic) bond motifs is 4. The number of hydrogen-bond donors (Lipinski definition) is 0. The van der Waals surface area contributed by atoms with E-state index in [0.29, 0.717) is 5.82 Å². The molecule has 0 aliphatic heterocycles. The number of hydrogen-bond acceptors (Lipinski definition) is 3. The number of benzene rings is 8. The average Bonchev–Trinajstić information content (AvgIpc) is 3.62. The summed E-state index contributed by atoms with van der Waals surface area (Å²) in [5, 5.41) is 4.55. The van der Waals surface area contributed by atoms with Crippen LogP contribution in [0.25, 0.3) is 100.0 Å². The molecule has 0 saturated heterocycles. The van der Waals surface area contributed by atoms with Gasteiger partial charge in [-0.05, 0) is 92.7 Å². The van der Waals surface area contributed by atoms with Crippen molar-refractivity contribution in [2.24, 2.45) is 0 Å². The van der Waals surface area contributed by atoms with Crippen LogP contribution in [0.2, 0.25) is 0 Å². The molecule has 0 bridgehead atoms. The van der Waals surface area contributed by atoms with Gasteiger partial charge in [0.05, 0.1) is 11.4 Å². The quantitative estimate of drug-likeness (QED) is 0.176. The molecular weight excluding hydrogens is 645 g/mol. The average molecular weight is 677 g/mol. The first-order chi connectivity index (χ1) is 26.2. The first-order valence-electron chi connectivity index (χ1n) is 17.9. The van der Waals surface area contributed by atoms with Crippen molar-refractivity contribution in [2.75, 3.05) is 0 Å². The van der Waals surface area contributed by atoms with E-state index in [1.807, 2.05) is 18.2 Å². The molecule has 0 atom stereocenters. The molecule has 2 aromatic heterocycles. The molecule has 3 nitrogen and oxygen atoms in total. The topological polar surface area (TPSA) is 38.9 Å². The van der Waals surface area contributed by atoms with Gasteiger partial charge < -0.3 is 4.42 Å². The van der Waals surface area contributed by atoms with Gasteiger partial charge in [0.2, 0.25) is 0 Å². The maximum Gasteiger partial charge on any atom is 0.160 e. The van der Waals surface area contributed by atoms with Gasteiger partial charge in [-0.25, -0.2) is 9.97 Å². The van der Waals surface area contributed by atoms with Crippen LogP contribution in [0.15, 0.2) is 199 Å². The van der Waals surface area contributed by atoms with Gasteiger partial charge in [-0.3, -0.25) is 0 Å². The summed E-state index contributed by atoms with van der Waals surface area (Å²) in [7, 11) is 0. The number of rotatable bonds is 6. The number of para-hydroxylation sites is 1. The van der Waals surface area contributed by atoms with Gasteiger partial charge in [-0.15, -0.1) is 0 Å². The second-order valence-corrected chi connectivity index (χ2v) is 13.4. The predicted octanol–water partition coefficient (Wildman–Crippen LogP) is 13.5. The van der Waals surface area contributed by atoms with Gasteiger partial charge in [-0.1, -0.05) is 146 Å². The highest BCUT2D eigenvalue weighted by atomic mass is 16.3. The molecule has 10 aromatic rings. The monoisotopic (exact) mass is 676 g/mol. The second kappa shape index (κ2) is 12.9. The van der Waals surface area contributed by atoms with Crippen molar-refractivity contribution >= 4 is 32.7 Å². The first kappa shape index (κ1) is 30.7. The molecule has 0 radical (unpaired) electrons. The Morgan fingerprint density at radius 3 is 1.68 bits per heavy atom. The molecule has 2 heterocycles. The maximum absolute atomic E-state index is 6.19. The Labute approximate surface area is 307 Å². The Hall–Kier alpha value is -7.10. The first-order valence-corrected chi connectivity index (χ1v) is 17.9. The van der Waals surface area contributed by atoms with E-state index in [1.165, 1.54) is 5.39 Å². The Morgan fingerprint density at radius 1 is 0.302 bits per heavy atom. The Kier molecular flexibility index (Phi) is 7.47. The fourth-order valence-corrected chi connectivity index (χ4v) is 7.42. The highest BCUT2D eigenvalue weighted by Crippen LogP contribution is 2.38. The summed E-state index contributed by atoms with van der Waals surface area (Å²) in [4.78, 5) is 10.6. The van der Waals surface area contributed by atoms with E-state index in [-0.39, 0.29) is 0 Å². The molecule has 3 heteroatoms. The van der Waals surface area contributed by atoms with Crippen LogP contribution in [-0.4, -0.2) is 9.97 Å². The fraction of sp³-hybridized carbons (Fsp3) is 0. The Morgan fingerprint density at radius 2 is 0.849 bits per heavy atom. The molecule has 0 aliphatic carbocycles. The molecule has 0 N–H and O–H groups in total. The van der Waals surface area contributed by atoms with Crippen LogP contribution in [0.1, 0.15) is 0 Å². The molecule has 0 fully saturated rings. The molecule has 0 amide bonds. The van der Waals surface area contributed by atoms with Crippen molar-refractivity contribution in [1.29, 1.82) is 0 Å². The molecule has 0 saturated carbocycles. The molecule has 0 spiro atoms. The summed E-state index contributed by atoms with van der Waals surface area (Å²) < 4.78 is 6.19. The zero-order valence-electron chi connectivity index (χ0n) is 28.8. The molecule has 248 valence electrons. The summed E-state index contributed by atoms with van der Waals surface area (Å²) in [6.45, 7) is 0. The predicted molar refractivity (Wildman–Crippen MR) is 219 cm³/mol. The van der Waals surface area contributed by atoms with Crippen LogP contribution in [-0.2, 0) is 0 Å². The van der Waals surface area contributed by atoms with Crippen LogP contribution < -0.4 is 0 Å². The summed E-state index contributed by atoms with van der Waals surface area (Å²) in [5.41, 5.74) is 13.3. The van der Waals surface area contributed by atoms with E-state index >= 15 is 0 Å². The fourth-order valence-electron chi connectivity index (χ4n) is 7.42. The minimum absolute atomic E-state index is 0.682. The molecule has 0 unspecified atom stereocenters. The summed E-state index contributed by atoms with van der Waals surface area (Å²) in [6.07, 6.45) is 0. The van der Waals surface area contributed by atoms with Crippen molar-refractivity contribution < 1.29 is 4.42 Å².